The van der Waals surface area contributed by atoms with Gasteiger partial charge in [-0.2, -0.15) is 0 Å². The van der Waals surface area contributed by atoms with Crippen LogP contribution in [-0.4, -0.2) is 42.2 Å². The standard InChI is InChI=1S/C14H20N2O2/c1-16-8-3-6-12(7-9-16)15-13-5-2-4-11(10-13)14(17)18/h2,4-5,10,12,15H,3,6-9H2,1H3,(H,17,18). The molecule has 0 spiro atoms. The third-order valence-electron chi connectivity index (χ3n) is 3.43. The Labute approximate surface area is 108 Å². The first-order chi connectivity index (χ1) is 8.65. The maximum Gasteiger partial charge on any atom is 0.335 e. The molecule has 1 heterocycles. The molecule has 1 unspecified atom stereocenters. The Balaban J connectivity index is 2.00. The molecule has 1 aliphatic rings. The molecule has 18 heavy (non-hydrogen) atoms. The van der Waals surface area contributed by atoms with Gasteiger partial charge in [-0.3, -0.25) is 0 Å². The fraction of sp³-hybridized carbons (Fsp3) is 0.500. The van der Waals surface area contributed by atoms with Crippen molar-refractivity contribution in [2.45, 2.75) is 25.3 Å². The summed E-state index contributed by atoms with van der Waals surface area (Å²) in [6.07, 6.45) is 3.43. The Hall–Kier alpha value is -1.55. The minimum Gasteiger partial charge on any atom is -0.478 e. The maximum absolute atomic E-state index is 10.9. The van der Waals surface area contributed by atoms with E-state index in [-0.39, 0.29) is 0 Å². The summed E-state index contributed by atoms with van der Waals surface area (Å²) in [6, 6.07) is 7.49. The van der Waals surface area contributed by atoms with Gasteiger partial charge in [0, 0.05) is 11.7 Å². The predicted molar refractivity (Wildman–Crippen MR) is 72.2 cm³/mol. The number of carboxylic acid groups (broad SMARTS) is 1. The van der Waals surface area contributed by atoms with E-state index >= 15 is 0 Å². The summed E-state index contributed by atoms with van der Waals surface area (Å²) >= 11 is 0. The molecule has 1 saturated heterocycles. The van der Waals surface area contributed by atoms with Crippen LogP contribution in [-0.2, 0) is 0 Å². The van der Waals surface area contributed by atoms with Crippen molar-refractivity contribution in [1.29, 1.82) is 0 Å². The molecule has 98 valence electrons. The van der Waals surface area contributed by atoms with E-state index in [0.717, 1.165) is 31.6 Å². The third-order valence-corrected chi connectivity index (χ3v) is 3.43. The van der Waals surface area contributed by atoms with Crippen molar-refractivity contribution in [3.63, 3.8) is 0 Å². The van der Waals surface area contributed by atoms with Crippen LogP contribution in [0.3, 0.4) is 0 Å². The number of aromatic carboxylic acids is 1. The summed E-state index contributed by atoms with van der Waals surface area (Å²) < 4.78 is 0. The van der Waals surface area contributed by atoms with Crippen molar-refractivity contribution >= 4 is 11.7 Å². The van der Waals surface area contributed by atoms with Gasteiger partial charge in [0.25, 0.3) is 0 Å². The summed E-state index contributed by atoms with van der Waals surface area (Å²) in [5.41, 5.74) is 1.25. The molecule has 0 radical (unpaired) electrons. The molecule has 4 nitrogen and oxygen atoms in total. The normalized spacial score (nSPS) is 21.3. The lowest BCUT2D eigenvalue weighted by molar-refractivity contribution is 0.0697. The summed E-state index contributed by atoms with van der Waals surface area (Å²) in [6.45, 7) is 2.24. The average Bonchev–Trinajstić information content (AvgIpc) is 2.55. The molecular formula is C14H20N2O2. The lowest BCUT2D eigenvalue weighted by Gasteiger charge is -2.18. The molecule has 0 aliphatic carbocycles. The van der Waals surface area contributed by atoms with Crippen LogP contribution in [0.2, 0.25) is 0 Å². The number of likely N-dealkylation sites (tertiary alicyclic amines) is 1. The van der Waals surface area contributed by atoms with Gasteiger partial charge < -0.3 is 15.3 Å². The van der Waals surface area contributed by atoms with Crippen molar-refractivity contribution in [1.82, 2.24) is 4.90 Å². The van der Waals surface area contributed by atoms with Crippen molar-refractivity contribution in [3.05, 3.63) is 29.8 Å². The smallest absolute Gasteiger partial charge is 0.335 e. The van der Waals surface area contributed by atoms with Crippen LogP contribution < -0.4 is 5.32 Å². The van der Waals surface area contributed by atoms with Crippen LogP contribution in [0.1, 0.15) is 29.6 Å². The number of nitrogens with one attached hydrogen (secondary N) is 1. The van der Waals surface area contributed by atoms with Gasteiger partial charge in [-0.25, -0.2) is 4.79 Å². The number of rotatable bonds is 3. The van der Waals surface area contributed by atoms with Crippen LogP contribution in [0.15, 0.2) is 24.3 Å². The first-order valence-corrected chi connectivity index (χ1v) is 6.43. The first kappa shape index (κ1) is 12.9. The zero-order chi connectivity index (χ0) is 13.0. The van der Waals surface area contributed by atoms with Gasteiger partial charge in [-0.1, -0.05) is 6.07 Å². The quantitative estimate of drug-likeness (QED) is 0.861. The second-order valence-electron chi connectivity index (χ2n) is 4.96. The van der Waals surface area contributed by atoms with Gasteiger partial charge in [0.15, 0.2) is 0 Å². The molecule has 2 rings (SSSR count). The summed E-state index contributed by atoms with van der Waals surface area (Å²) in [5.74, 6) is -0.876. The van der Waals surface area contributed by atoms with Crippen LogP contribution in [0.25, 0.3) is 0 Å². The van der Waals surface area contributed by atoms with E-state index in [1.54, 1.807) is 18.2 Å². The molecule has 1 aromatic carbocycles. The van der Waals surface area contributed by atoms with Crippen molar-refractivity contribution in [2.75, 3.05) is 25.5 Å². The number of anilines is 1. The van der Waals surface area contributed by atoms with Gasteiger partial charge in [-0.05, 0) is 57.6 Å². The summed E-state index contributed by atoms with van der Waals surface area (Å²) in [4.78, 5) is 13.3. The van der Waals surface area contributed by atoms with E-state index in [4.69, 9.17) is 5.11 Å². The second-order valence-corrected chi connectivity index (χ2v) is 4.96. The highest BCUT2D eigenvalue weighted by Crippen LogP contribution is 2.17. The van der Waals surface area contributed by atoms with E-state index in [1.807, 2.05) is 6.07 Å². The molecule has 1 fully saturated rings. The molecular weight excluding hydrogens is 228 g/mol. The van der Waals surface area contributed by atoms with E-state index < -0.39 is 5.97 Å². The Morgan fingerprint density at radius 2 is 2.22 bits per heavy atom. The average molecular weight is 248 g/mol. The van der Waals surface area contributed by atoms with Gasteiger partial charge >= 0.3 is 5.97 Å². The number of hydrogen-bond acceptors (Lipinski definition) is 3. The van der Waals surface area contributed by atoms with E-state index in [0.29, 0.717) is 11.6 Å². The molecule has 1 atom stereocenters. The largest absolute Gasteiger partial charge is 0.478 e. The topological polar surface area (TPSA) is 52.6 Å². The van der Waals surface area contributed by atoms with Gasteiger partial charge in [0.05, 0.1) is 5.56 Å². The zero-order valence-corrected chi connectivity index (χ0v) is 10.7. The third kappa shape index (κ3) is 3.47. The molecule has 0 saturated carbocycles. The minimum absolute atomic E-state index is 0.339. The van der Waals surface area contributed by atoms with Crippen LogP contribution >= 0.6 is 0 Å². The molecule has 1 aromatic rings. The Morgan fingerprint density at radius 1 is 1.39 bits per heavy atom. The molecule has 2 N–H and O–H groups in total. The number of carboxylic acids is 1. The number of benzene rings is 1. The molecule has 0 amide bonds. The lowest BCUT2D eigenvalue weighted by atomic mass is 10.1. The van der Waals surface area contributed by atoms with E-state index in [2.05, 4.69) is 17.3 Å². The molecule has 4 heteroatoms. The highest BCUT2D eigenvalue weighted by atomic mass is 16.4. The van der Waals surface area contributed by atoms with Gasteiger partial charge in [0.2, 0.25) is 0 Å². The van der Waals surface area contributed by atoms with Crippen molar-refractivity contribution in [3.8, 4) is 0 Å². The van der Waals surface area contributed by atoms with E-state index in [1.165, 1.54) is 6.42 Å². The number of nitrogens with zero attached hydrogens (tertiary/aromatic N) is 1. The second kappa shape index (κ2) is 5.87. The summed E-state index contributed by atoms with van der Waals surface area (Å²) in [7, 11) is 2.15. The van der Waals surface area contributed by atoms with Crippen LogP contribution in [0.4, 0.5) is 5.69 Å². The number of carbonyl (C=O) groups is 1. The fourth-order valence-corrected chi connectivity index (χ4v) is 2.36. The maximum atomic E-state index is 10.9. The SMILES string of the molecule is CN1CCCC(Nc2cccc(C(=O)O)c2)CC1. The van der Waals surface area contributed by atoms with Gasteiger partial charge in [0.1, 0.15) is 0 Å². The summed E-state index contributed by atoms with van der Waals surface area (Å²) in [5, 5.41) is 12.4. The van der Waals surface area contributed by atoms with E-state index in [9.17, 15) is 4.79 Å². The Kier molecular flexibility index (Phi) is 4.20. The first-order valence-electron chi connectivity index (χ1n) is 6.43. The van der Waals surface area contributed by atoms with Crippen molar-refractivity contribution < 1.29 is 9.90 Å². The number of hydrogen-bond donors (Lipinski definition) is 2. The zero-order valence-electron chi connectivity index (χ0n) is 10.7. The molecule has 0 aromatic heterocycles. The lowest BCUT2D eigenvalue weighted by Crippen LogP contribution is -2.23. The highest BCUT2D eigenvalue weighted by Gasteiger charge is 2.14. The Bertz CT molecular complexity index is 420. The van der Waals surface area contributed by atoms with Crippen LogP contribution in [0.5, 0.6) is 0 Å². The minimum atomic E-state index is -0.876. The predicted octanol–water partition coefficient (Wildman–Crippen LogP) is 2.28. The van der Waals surface area contributed by atoms with Crippen molar-refractivity contribution in [2.24, 2.45) is 0 Å². The monoisotopic (exact) mass is 248 g/mol. The van der Waals surface area contributed by atoms with Gasteiger partial charge in [-0.15, -0.1) is 0 Å². The fourth-order valence-electron chi connectivity index (χ4n) is 2.36. The Morgan fingerprint density at radius 3 is 3.00 bits per heavy atom. The highest BCUT2D eigenvalue weighted by molar-refractivity contribution is 5.88. The molecule has 1 aliphatic heterocycles. The van der Waals surface area contributed by atoms with Crippen LogP contribution in [0, 0.1) is 0 Å². The molecule has 0 bridgehead atoms.